The summed E-state index contributed by atoms with van der Waals surface area (Å²) in [7, 11) is 0. The predicted octanol–water partition coefficient (Wildman–Crippen LogP) is 16.9. The lowest BCUT2D eigenvalue weighted by Gasteiger charge is -2.20. The molecule has 6 aliphatic heterocycles. The van der Waals surface area contributed by atoms with E-state index < -0.39 is 0 Å². The average molecular weight is 992 g/mol. The fourth-order valence-electron chi connectivity index (χ4n) is 6.24. The van der Waals surface area contributed by atoms with Crippen molar-refractivity contribution in [3.63, 3.8) is 0 Å². The minimum absolute atomic E-state index is 0.616. The lowest BCUT2D eigenvalue weighted by molar-refractivity contribution is 0.341. The highest BCUT2D eigenvalue weighted by atomic mass is 32.3. The Kier molecular flexibility index (Phi) is 13.8. The number of fused-ring (bicyclic) bond motifs is 2. The van der Waals surface area contributed by atoms with Crippen LogP contribution in [0.5, 0.6) is 11.5 Å². The molecule has 6 aliphatic rings. The Morgan fingerprint density at radius 3 is 1.27 bits per heavy atom. The largest absolute Gasteiger partial charge is 0.492 e. The van der Waals surface area contributed by atoms with Gasteiger partial charge in [-0.1, -0.05) is 155 Å². The molecule has 0 saturated carbocycles. The van der Waals surface area contributed by atoms with E-state index in [4.69, 9.17) is 9.47 Å². The van der Waals surface area contributed by atoms with E-state index >= 15 is 0 Å². The molecule has 0 aromatic heterocycles. The van der Waals surface area contributed by atoms with E-state index in [1.165, 1.54) is 86.9 Å². The number of ether oxygens (including phenoxy) is 2. The summed E-state index contributed by atoms with van der Waals surface area (Å²) in [4.78, 5) is 0. The summed E-state index contributed by atoms with van der Waals surface area (Å²) in [5.41, 5.74) is 2.21. The second kappa shape index (κ2) is 19.2. The summed E-state index contributed by atoms with van der Waals surface area (Å²) >= 11 is 27.4. The third kappa shape index (κ3) is 9.10. The van der Waals surface area contributed by atoms with Crippen LogP contribution in [0.2, 0.25) is 0 Å². The Balaban J connectivity index is 0.825. The molecule has 6 heterocycles. The fraction of sp³-hybridized carbons (Fsp3) is 0.200. The van der Waals surface area contributed by atoms with E-state index in [0.29, 0.717) is 13.2 Å². The van der Waals surface area contributed by atoms with Crippen molar-refractivity contribution in [2.24, 2.45) is 0 Å². The fourth-order valence-corrected chi connectivity index (χ4v) is 25.9. The van der Waals surface area contributed by atoms with E-state index in [0.717, 1.165) is 34.1 Å². The molecular weight excluding hydrogens is 961 g/mol. The molecule has 4 aromatic carbocycles. The van der Waals surface area contributed by atoms with Crippen LogP contribution in [0.4, 0.5) is 0 Å². The Labute approximate surface area is 387 Å². The van der Waals surface area contributed by atoms with Gasteiger partial charge in [-0.05, 0) is 44.5 Å². The standard InChI is InChI=1S/C40H30O2S14/c1-3-7-25-23(5-1)9-11-27(41-13-15-43-29-21-49-37(51-29)39-53-33-34(54-39)46-18-17-45-33)31(25)32-26-8-4-2-6-24(26)10-12-28(32)42-14-16-44-30-22-50-38(52-30)40-55-35-36(56-40)48-20-19-47-35/h1-12,21-22H,13-20H2. The zero-order valence-corrected chi connectivity index (χ0v) is 40.7. The van der Waals surface area contributed by atoms with Gasteiger partial charge in [-0.25, -0.2) is 0 Å². The maximum Gasteiger partial charge on any atom is 0.127 e. The van der Waals surface area contributed by atoms with Gasteiger partial charge in [-0.2, -0.15) is 0 Å². The Morgan fingerprint density at radius 1 is 0.429 bits per heavy atom. The summed E-state index contributed by atoms with van der Waals surface area (Å²) < 4.78 is 28.0. The van der Waals surface area contributed by atoms with E-state index in [9.17, 15) is 0 Å². The van der Waals surface area contributed by atoms with Gasteiger partial charge in [-0.15, -0.1) is 70.6 Å². The van der Waals surface area contributed by atoms with Crippen LogP contribution in [-0.4, -0.2) is 47.7 Å². The van der Waals surface area contributed by atoms with Crippen molar-refractivity contribution in [1.29, 1.82) is 0 Å². The molecule has 0 radical (unpaired) electrons. The summed E-state index contributed by atoms with van der Waals surface area (Å²) in [5, 5.41) is 9.38. The molecule has 0 spiro atoms. The molecule has 0 saturated heterocycles. The van der Waals surface area contributed by atoms with E-state index in [1.54, 1.807) is 0 Å². The molecule has 4 aromatic rings. The third-order valence-electron chi connectivity index (χ3n) is 8.62. The smallest absolute Gasteiger partial charge is 0.127 e. The molecule has 286 valence electrons. The maximum absolute atomic E-state index is 6.75. The Hall–Kier alpha value is 0.340. The van der Waals surface area contributed by atoms with Gasteiger partial charge in [-0.3, -0.25) is 0 Å². The van der Waals surface area contributed by atoms with E-state index in [1.807, 2.05) is 165 Å². The number of benzene rings is 4. The second-order valence-electron chi connectivity index (χ2n) is 12.1. The normalized spacial score (nSPS) is 19.7. The van der Waals surface area contributed by atoms with Crippen molar-refractivity contribution in [3.05, 3.63) is 126 Å². The zero-order chi connectivity index (χ0) is 37.3. The summed E-state index contributed by atoms with van der Waals surface area (Å²) in [6.07, 6.45) is 0. The van der Waals surface area contributed by atoms with Crippen molar-refractivity contribution in [2.45, 2.75) is 0 Å². The van der Waals surface area contributed by atoms with E-state index in [-0.39, 0.29) is 0 Å². The van der Waals surface area contributed by atoms with Crippen LogP contribution in [0, 0.1) is 0 Å². The van der Waals surface area contributed by atoms with Crippen LogP contribution in [0.15, 0.2) is 126 Å². The number of hydrogen-bond donors (Lipinski definition) is 0. The first kappa shape index (κ1) is 40.4. The highest BCUT2D eigenvalue weighted by molar-refractivity contribution is 8.45. The molecule has 0 amide bonds. The Bertz CT molecular complexity index is 2210. The maximum atomic E-state index is 6.75. The van der Waals surface area contributed by atoms with Crippen molar-refractivity contribution in [2.75, 3.05) is 47.7 Å². The van der Waals surface area contributed by atoms with Gasteiger partial charge in [0.2, 0.25) is 0 Å². The minimum atomic E-state index is 0.616. The first-order chi connectivity index (χ1) is 27.7. The van der Waals surface area contributed by atoms with Gasteiger partial charge >= 0.3 is 0 Å². The minimum Gasteiger partial charge on any atom is -0.492 e. The first-order valence-corrected chi connectivity index (χ1v) is 30.1. The molecule has 2 nitrogen and oxygen atoms in total. The third-order valence-corrected chi connectivity index (χ3v) is 28.6. The molecular formula is C40H30O2S14. The monoisotopic (exact) mass is 990 g/mol. The van der Waals surface area contributed by atoms with Gasteiger partial charge in [0.15, 0.2) is 0 Å². The molecule has 0 unspecified atom stereocenters. The van der Waals surface area contributed by atoms with Crippen LogP contribution in [-0.2, 0) is 0 Å². The van der Waals surface area contributed by atoms with Crippen molar-refractivity contribution < 1.29 is 9.47 Å². The first-order valence-electron chi connectivity index (χ1n) is 17.6. The molecule has 0 bridgehead atoms. The lowest BCUT2D eigenvalue weighted by Crippen LogP contribution is -2.04. The second-order valence-corrected chi connectivity index (χ2v) is 29.4. The van der Waals surface area contributed by atoms with Crippen molar-refractivity contribution in [3.8, 4) is 22.6 Å². The van der Waals surface area contributed by atoms with Crippen LogP contribution in [0.25, 0.3) is 32.7 Å². The molecule has 10 rings (SSSR count). The highest BCUT2D eigenvalue weighted by Crippen LogP contribution is 2.66. The topological polar surface area (TPSA) is 18.5 Å². The van der Waals surface area contributed by atoms with Crippen LogP contribution < -0.4 is 9.47 Å². The zero-order valence-electron chi connectivity index (χ0n) is 29.3. The van der Waals surface area contributed by atoms with E-state index in [2.05, 4.69) is 83.6 Å². The highest BCUT2D eigenvalue weighted by Gasteiger charge is 2.31. The lowest BCUT2D eigenvalue weighted by atomic mass is 9.92. The number of thioether (sulfide) groups is 14. The van der Waals surface area contributed by atoms with Crippen LogP contribution in [0.1, 0.15) is 0 Å². The van der Waals surface area contributed by atoms with Gasteiger partial charge in [0.25, 0.3) is 0 Å². The number of rotatable bonds is 11. The molecule has 56 heavy (non-hydrogen) atoms. The Morgan fingerprint density at radius 2 is 0.839 bits per heavy atom. The SMILES string of the molecule is C1=C(SCCOc2ccc3ccccc3c2-c2c(OCCSC3=CSC(=C4SC5=C(SCCS5)S4)S3)ccc3ccccc23)SC(=C2SC3=C(SCCS3)S2)S1. The molecule has 0 atom stereocenters. The summed E-state index contributed by atoms with van der Waals surface area (Å²) in [5.74, 6) is 8.45. The van der Waals surface area contributed by atoms with Crippen molar-refractivity contribution in [1.82, 2.24) is 0 Å². The van der Waals surface area contributed by atoms with Crippen LogP contribution >= 0.6 is 165 Å². The van der Waals surface area contributed by atoms with Gasteiger partial charge in [0.1, 0.15) is 11.5 Å². The molecule has 0 aliphatic carbocycles. The predicted molar refractivity (Wildman–Crippen MR) is 278 cm³/mol. The van der Waals surface area contributed by atoms with Gasteiger partial charge in [0.05, 0.1) is 55.6 Å². The molecule has 16 heteroatoms. The summed E-state index contributed by atoms with van der Waals surface area (Å²) in [6, 6.07) is 26.0. The number of hydrogen-bond acceptors (Lipinski definition) is 16. The van der Waals surface area contributed by atoms with Crippen molar-refractivity contribution >= 4 is 186 Å². The summed E-state index contributed by atoms with van der Waals surface area (Å²) in [6.45, 7) is 1.23. The van der Waals surface area contributed by atoms with Gasteiger partial charge < -0.3 is 9.47 Å². The quantitative estimate of drug-likeness (QED) is 0.133. The van der Waals surface area contributed by atoms with Gasteiger partial charge in [0, 0.05) is 45.6 Å². The molecule has 0 fully saturated rings. The molecule has 0 N–H and O–H groups in total. The average Bonchev–Trinajstić information content (AvgIpc) is 4.07. The van der Waals surface area contributed by atoms with Crippen LogP contribution in [0.3, 0.4) is 0 Å².